The average molecular weight is 478 g/mol. The summed E-state index contributed by atoms with van der Waals surface area (Å²) < 4.78 is 46.6. The number of oxime groups is 1. The summed E-state index contributed by atoms with van der Waals surface area (Å²) in [7, 11) is -3.66. The standard InChI is InChI=1S/C15H21NO10S2.K/c1-24-9-4-2-3-8(5-9)6-11(16-26-28(21,22)23)27-15-14(20)13(19)12(18)10(7-17)25-15;/h2-5,10,12-15,17-20H,6-7H2,1H3,(H,21,22,23);/q;+1/p-1/b16-11+;/t10-,12-,13+,14-,15+;/m1./s1. The summed E-state index contributed by atoms with van der Waals surface area (Å²) >= 11 is 0.674. The van der Waals surface area contributed by atoms with Crippen LogP contribution in [0.4, 0.5) is 0 Å². The zero-order valence-corrected chi connectivity index (χ0v) is 20.4. The second kappa shape index (κ2) is 12.3. The Morgan fingerprint density at radius 1 is 1.28 bits per heavy atom. The molecule has 1 fully saturated rings. The van der Waals surface area contributed by atoms with E-state index in [0.29, 0.717) is 23.1 Å². The number of thioether (sulfide) groups is 1. The molecule has 1 saturated heterocycles. The zero-order valence-electron chi connectivity index (χ0n) is 15.6. The monoisotopic (exact) mass is 477 g/mol. The summed E-state index contributed by atoms with van der Waals surface area (Å²) in [5.41, 5.74) is -0.611. The Morgan fingerprint density at radius 3 is 2.55 bits per heavy atom. The van der Waals surface area contributed by atoms with Gasteiger partial charge < -0.3 is 34.5 Å². The van der Waals surface area contributed by atoms with Gasteiger partial charge in [-0.2, -0.15) is 8.42 Å². The molecule has 0 spiro atoms. The first-order valence-electron chi connectivity index (χ1n) is 7.96. The molecule has 1 aromatic rings. The topological polar surface area (TPSA) is 178 Å². The van der Waals surface area contributed by atoms with Crippen LogP contribution in [0, 0.1) is 0 Å². The summed E-state index contributed by atoms with van der Waals surface area (Å²) in [6.07, 6.45) is -5.92. The molecule has 1 heterocycles. The molecule has 0 unspecified atom stereocenters. The molecule has 1 aliphatic rings. The molecule has 0 amide bonds. The van der Waals surface area contributed by atoms with Gasteiger partial charge in [-0.15, -0.1) is 0 Å². The smallest absolute Gasteiger partial charge is 0.714 e. The van der Waals surface area contributed by atoms with Gasteiger partial charge in [0.1, 0.15) is 40.6 Å². The van der Waals surface area contributed by atoms with E-state index in [2.05, 4.69) is 9.44 Å². The van der Waals surface area contributed by atoms with Crippen molar-refractivity contribution in [2.24, 2.45) is 5.16 Å². The third-order valence-electron chi connectivity index (χ3n) is 3.82. The third kappa shape index (κ3) is 8.32. The van der Waals surface area contributed by atoms with Crippen LogP contribution in [0.2, 0.25) is 0 Å². The molecule has 0 bridgehead atoms. The Hall–Kier alpha value is 0.186. The molecule has 1 aliphatic heterocycles. The number of rotatable bonds is 7. The van der Waals surface area contributed by atoms with Crippen LogP contribution >= 0.6 is 11.8 Å². The van der Waals surface area contributed by atoms with E-state index >= 15 is 0 Å². The van der Waals surface area contributed by atoms with Crippen LogP contribution < -0.4 is 56.1 Å². The molecule has 2 rings (SSSR count). The van der Waals surface area contributed by atoms with E-state index in [0.717, 1.165) is 0 Å². The maximum Gasteiger partial charge on any atom is 1.00 e. The molecular formula is C15H20KNO10S2. The Morgan fingerprint density at radius 2 is 1.97 bits per heavy atom. The van der Waals surface area contributed by atoms with Crippen LogP contribution in [-0.4, -0.2) is 82.0 Å². The van der Waals surface area contributed by atoms with Gasteiger partial charge in [0.2, 0.25) is 0 Å². The summed E-state index contributed by atoms with van der Waals surface area (Å²) in [6, 6.07) is 6.67. The van der Waals surface area contributed by atoms with Crippen LogP contribution in [0.15, 0.2) is 29.4 Å². The van der Waals surface area contributed by atoms with Crippen LogP contribution in [0.3, 0.4) is 0 Å². The average Bonchev–Trinajstić information content (AvgIpc) is 2.66. The summed E-state index contributed by atoms with van der Waals surface area (Å²) in [6.45, 7) is -0.629. The van der Waals surface area contributed by atoms with Crippen LogP contribution in [0.1, 0.15) is 5.56 Å². The molecular weight excluding hydrogens is 457 g/mol. The van der Waals surface area contributed by atoms with Crippen molar-refractivity contribution in [3.05, 3.63) is 29.8 Å². The van der Waals surface area contributed by atoms with Crippen molar-refractivity contribution in [1.82, 2.24) is 0 Å². The van der Waals surface area contributed by atoms with Crippen LogP contribution in [0.5, 0.6) is 5.75 Å². The van der Waals surface area contributed by atoms with Crippen molar-refractivity contribution >= 4 is 27.2 Å². The molecule has 0 radical (unpaired) electrons. The Kier molecular flexibility index (Phi) is 11.5. The van der Waals surface area contributed by atoms with Crippen molar-refractivity contribution < 1.29 is 98.5 Å². The van der Waals surface area contributed by atoms with Gasteiger partial charge in [-0.1, -0.05) is 29.1 Å². The van der Waals surface area contributed by atoms with E-state index < -0.39 is 46.9 Å². The second-order valence-electron chi connectivity index (χ2n) is 5.81. The summed E-state index contributed by atoms with van der Waals surface area (Å²) in [5, 5.41) is 42.3. The number of aliphatic hydroxyl groups is 4. The molecule has 5 atom stereocenters. The minimum absolute atomic E-state index is 0. The van der Waals surface area contributed by atoms with Gasteiger partial charge in [0.05, 0.1) is 13.7 Å². The molecule has 29 heavy (non-hydrogen) atoms. The minimum Gasteiger partial charge on any atom is -0.714 e. The van der Waals surface area contributed by atoms with Gasteiger partial charge in [0.25, 0.3) is 10.4 Å². The van der Waals surface area contributed by atoms with Gasteiger partial charge in [0, 0.05) is 6.42 Å². The minimum atomic E-state index is -5.12. The van der Waals surface area contributed by atoms with E-state index in [9.17, 15) is 33.4 Å². The molecule has 158 valence electrons. The van der Waals surface area contributed by atoms with E-state index in [1.165, 1.54) is 7.11 Å². The fraction of sp³-hybridized carbons (Fsp3) is 0.533. The first-order chi connectivity index (χ1) is 13.1. The number of hydrogen-bond acceptors (Lipinski definition) is 12. The molecule has 0 aliphatic carbocycles. The quantitative estimate of drug-likeness (QED) is 0.0744. The van der Waals surface area contributed by atoms with Gasteiger partial charge >= 0.3 is 51.4 Å². The molecule has 14 heteroatoms. The molecule has 0 aromatic heterocycles. The largest absolute Gasteiger partial charge is 1.00 e. The predicted octanol–water partition coefficient (Wildman–Crippen LogP) is -4.43. The molecule has 0 saturated carbocycles. The van der Waals surface area contributed by atoms with Gasteiger partial charge in [-0.25, -0.2) is 0 Å². The van der Waals surface area contributed by atoms with Crippen molar-refractivity contribution in [3.8, 4) is 5.75 Å². The number of benzene rings is 1. The Bertz CT molecular complexity index is 791. The third-order valence-corrected chi connectivity index (χ3v) is 5.19. The Balaban J connectivity index is 0.00000420. The fourth-order valence-electron chi connectivity index (χ4n) is 2.44. The van der Waals surface area contributed by atoms with Crippen molar-refractivity contribution in [3.63, 3.8) is 0 Å². The van der Waals surface area contributed by atoms with Gasteiger partial charge in [-0.3, -0.25) is 4.28 Å². The van der Waals surface area contributed by atoms with Crippen molar-refractivity contribution in [2.45, 2.75) is 36.3 Å². The number of nitrogens with zero attached hydrogens (tertiary/aromatic N) is 1. The summed E-state index contributed by atoms with van der Waals surface area (Å²) in [5.74, 6) is 0.520. The normalized spacial score (nSPS) is 27.8. The SMILES string of the molecule is COc1cccc(C/C(=N\OS(=O)(=O)[O-])S[C@@H]2O[C@H](CO)[C@@H](O)[C@H](O)[C@H]2O)c1.[K+]. The zero-order chi connectivity index (χ0) is 20.9. The van der Waals surface area contributed by atoms with Crippen molar-refractivity contribution in [2.75, 3.05) is 13.7 Å². The Labute approximate surface area is 214 Å². The number of methoxy groups -OCH3 is 1. The molecule has 4 N–H and O–H groups in total. The summed E-state index contributed by atoms with van der Waals surface area (Å²) in [4.78, 5) is 0. The molecule has 1 aromatic carbocycles. The van der Waals surface area contributed by atoms with E-state index in [1.807, 2.05) is 0 Å². The predicted molar refractivity (Wildman–Crippen MR) is 96.3 cm³/mol. The number of aliphatic hydroxyl groups excluding tert-OH is 4. The first-order valence-corrected chi connectivity index (χ1v) is 10.2. The number of hydrogen-bond donors (Lipinski definition) is 4. The van der Waals surface area contributed by atoms with Crippen LogP contribution in [0.25, 0.3) is 0 Å². The van der Waals surface area contributed by atoms with Crippen molar-refractivity contribution in [1.29, 1.82) is 0 Å². The first kappa shape index (κ1) is 27.2. The van der Waals surface area contributed by atoms with Gasteiger partial charge in [-0.05, 0) is 17.7 Å². The maximum absolute atomic E-state index is 10.7. The van der Waals surface area contributed by atoms with Gasteiger partial charge in [0.15, 0.2) is 0 Å². The van der Waals surface area contributed by atoms with E-state index in [4.69, 9.17) is 9.47 Å². The van der Waals surface area contributed by atoms with E-state index in [-0.39, 0.29) is 62.8 Å². The fourth-order valence-corrected chi connectivity index (χ4v) is 3.76. The second-order valence-corrected chi connectivity index (χ2v) is 7.95. The molecule has 11 nitrogen and oxygen atoms in total. The van der Waals surface area contributed by atoms with Crippen LogP contribution in [-0.2, 0) is 25.8 Å². The number of ether oxygens (including phenoxy) is 2. The maximum atomic E-state index is 10.7. The van der Waals surface area contributed by atoms with E-state index in [1.54, 1.807) is 24.3 Å².